The number of carbonyl (C=O) groups is 1. The maximum atomic E-state index is 13.1. The molecule has 1 aliphatic rings. The Bertz CT molecular complexity index is 929. The van der Waals surface area contributed by atoms with Crippen molar-refractivity contribution in [2.75, 3.05) is 6.61 Å². The van der Waals surface area contributed by atoms with E-state index in [0.717, 1.165) is 11.3 Å². The summed E-state index contributed by atoms with van der Waals surface area (Å²) in [6, 6.07) is 11.1. The first-order valence-corrected chi connectivity index (χ1v) is 8.63. The Balaban J connectivity index is 2.31. The second-order valence-electron chi connectivity index (χ2n) is 6.06. The minimum atomic E-state index is -0.634. The third kappa shape index (κ3) is 2.87. The van der Waals surface area contributed by atoms with Crippen LogP contribution in [0, 0.1) is 6.92 Å². The van der Waals surface area contributed by atoms with Gasteiger partial charge in [-0.15, -0.1) is 0 Å². The monoisotopic (exact) mass is 354 g/mol. The van der Waals surface area contributed by atoms with Crippen LogP contribution in [0.5, 0.6) is 5.75 Å². The van der Waals surface area contributed by atoms with Crippen molar-refractivity contribution >= 4 is 5.97 Å². The molecule has 26 heavy (non-hydrogen) atoms. The number of hydrogen-bond acceptors (Lipinski definition) is 5. The van der Waals surface area contributed by atoms with Gasteiger partial charge >= 0.3 is 5.97 Å². The summed E-state index contributed by atoms with van der Waals surface area (Å²) in [6.07, 6.45) is 0. The summed E-state index contributed by atoms with van der Waals surface area (Å²) in [5.41, 5.74) is 8.00. The first kappa shape index (κ1) is 17.8. The van der Waals surface area contributed by atoms with Crippen molar-refractivity contribution in [1.29, 1.82) is 0 Å². The molecule has 1 aromatic heterocycles. The lowest BCUT2D eigenvalue weighted by molar-refractivity contribution is -0.139. The highest BCUT2D eigenvalue weighted by Crippen LogP contribution is 2.41. The highest BCUT2D eigenvalue weighted by atomic mass is 16.5. The van der Waals surface area contributed by atoms with Gasteiger partial charge in [0.05, 0.1) is 18.1 Å². The molecule has 0 saturated heterocycles. The third-order valence-electron chi connectivity index (χ3n) is 4.51. The number of pyridine rings is 1. The van der Waals surface area contributed by atoms with Gasteiger partial charge in [-0.2, -0.15) is 0 Å². The number of aromatic nitrogens is 1. The Labute approximate surface area is 151 Å². The molecule has 2 N–H and O–H groups in total. The molecule has 2 aromatic rings. The molecule has 136 valence electrons. The van der Waals surface area contributed by atoms with E-state index in [4.69, 9.17) is 15.2 Å². The lowest BCUT2D eigenvalue weighted by Crippen LogP contribution is -2.35. The molecule has 0 unspecified atom stereocenters. The van der Waals surface area contributed by atoms with E-state index in [1.54, 1.807) is 17.6 Å². The quantitative estimate of drug-likeness (QED) is 0.853. The van der Waals surface area contributed by atoms with E-state index in [0.29, 0.717) is 17.9 Å². The topological polar surface area (TPSA) is 83.5 Å². The summed E-state index contributed by atoms with van der Waals surface area (Å²) in [7, 11) is 0. The van der Waals surface area contributed by atoms with Crippen LogP contribution < -0.4 is 16.0 Å². The van der Waals surface area contributed by atoms with Crippen LogP contribution in [0.1, 0.15) is 36.6 Å². The van der Waals surface area contributed by atoms with Crippen LogP contribution >= 0.6 is 0 Å². The molecule has 6 nitrogen and oxygen atoms in total. The Morgan fingerprint density at radius 3 is 2.58 bits per heavy atom. The Morgan fingerprint density at radius 2 is 1.96 bits per heavy atom. The number of aryl methyl sites for hydroxylation is 1. The predicted molar refractivity (Wildman–Crippen MR) is 97.9 cm³/mol. The summed E-state index contributed by atoms with van der Waals surface area (Å²) < 4.78 is 12.5. The van der Waals surface area contributed by atoms with Crippen LogP contribution in [0.2, 0.25) is 0 Å². The van der Waals surface area contributed by atoms with E-state index in [2.05, 4.69) is 0 Å². The van der Waals surface area contributed by atoms with Crippen molar-refractivity contribution in [2.24, 2.45) is 5.73 Å². The molecular weight excluding hydrogens is 332 g/mol. The zero-order valence-corrected chi connectivity index (χ0v) is 15.1. The average molecular weight is 354 g/mol. The van der Waals surface area contributed by atoms with E-state index < -0.39 is 11.9 Å². The molecule has 3 rings (SSSR count). The van der Waals surface area contributed by atoms with Gasteiger partial charge in [0.15, 0.2) is 0 Å². The molecule has 1 aromatic carbocycles. The van der Waals surface area contributed by atoms with Crippen LogP contribution in [0.3, 0.4) is 0 Å². The van der Waals surface area contributed by atoms with Crippen molar-refractivity contribution in [3.8, 4) is 5.75 Å². The van der Waals surface area contributed by atoms with Crippen LogP contribution in [-0.4, -0.2) is 17.1 Å². The van der Waals surface area contributed by atoms with Crippen LogP contribution in [0.4, 0.5) is 0 Å². The fourth-order valence-corrected chi connectivity index (χ4v) is 3.37. The first-order chi connectivity index (χ1) is 12.5. The van der Waals surface area contributed by atoms with Crippen molar-refractivity contribution < 1.29 is 14.3 Å². The van der Waals surface area contributed by atoms with E-state index >= 15 is 0 Å². The summed E-state index contributed by atoms with van der Waals surface area (Å²) in [6.45, 7) is 6.19. The minimum Gasteiger partial charge on any atom is -0.462 e. The normalized spacial score (nSPS) is 16.0. The predicted octanol–water partition coefficient (Wildman–Crippen LogP) is 2.43. The molecule has 0 bridgehead atoms. The number of esters is 1. The first-order valence-electron chi connectivity index (χ1n) is 8.63. The Morgan fingerprint density at radius 1 is 1.27 bits per heavy atom. The summed E-state index contributed by atoms with van der Waals surface area (Å²) >= 11 is 0. The minimum absolute atomic E-state index is 0.0298. The molecule has 1 atom stereocenters. The SMILES string of the molecule is CCOC(=O)C1=C(N)Oc2cc(C)n(CC)c(=O)c2[C@H]1c1ccccc1. The summed E-state index contributed by atoms with van der Waals surface area (Å²) in [5.74, 6) is -0.855. The largest absolute Gasteiger partial charge is 0.462 e. The van der Waals surface area contributed by atoms with Gasteiger partial charge in [0.25, 0.3) is 5.56 Å². The van der Waals surface area contributed by atoms with Gasteiger partial charge < -0.3 is 19.8 Å². The fraction of sp³-hybridized carbons (Fsp3) is 0.300. The van der Waals surface area contributed by atoms with Gasteiger partial charge in [0, 0.05) is 18.3 Å². The van der Waals surface area contributed by atoms with Gasteiger partial charge in [-0.1, -0.05) is 30.3 Å². The van der Waals surface area contributed by atoms with Crippen LogP contribution in [0.25, 0.3) is 0 Å². The number of hydrogen-bond donors (Lipinski definition) is 1. The van der Waals surface area contributed by atoms with Crippen molar-refractivity contribution in [3.63, 3.8) is 0 Å². The Hall–Kier alpha value is -3.02. The van der Waals surface area contributed by atoms with Crippen molar-refractivity contribution in [1.82, 2.24) is 4.57 Å². The maximum absolute atomic E-state index is 13.1. The number of nitrogens with two attached hydrogens (primary N) is 1. The van der Waals surface area contributed by atoms with Gasteiger partial charge in [0.2, 0.25) is 5.88 Å². The zero-order chi connectivity index (χ0) is 18.8. The lowest BCUT2D eigenvalue weighted by atomic mass is 9.83. The van der Waals surface area contributed by atoms with E-state index in [1.807, 2.05) is 44.2 Å². The maximum Gasteiger partial charge on any atom is 0.340 e. The molecule has 0 aliphatic carbocycles. The smallest absolute Gasteiger partial charge is 0.340 e. The van der Waals surface area contributed by atoms with Gasteiger partial charge in [-0.05, 0) is 26.3 Å². The third-order valence-corrected chi connectivity index (χ3v) is 4.51. The number of rotatable bonds is 4. The number of fused-ring (bicyclic) bond motifs is 1. The molecule has 0 saturated carbocycles. The number of carbonyl (C=O) groups excluding carboxylic acids is 1. The van der Waals surface area contributed by atoms with Gasteiger partial charge in [0.1, 0.15) is 11.3 Å². The summed E-state index contributed by atoms with van der Waals surface area (Å²) in [5, 5.41) is 0. The summed E-state index contributed by atoms with van der Waals surface area (Å²) in [4.78, 5) is 25.7. The second kappa shape index (κ2) is 7.07. The van der Waals surface area contributed by atoms with Crippen LogP contribution in [-0.2, 0) is 16.1 Å². The van der Waals surface area contributed by atoms with E-state index in [1.165, 1.54) is 0 Å². The zero-order valence-electron chi connectivity index (χ0n) is 15.1. The lowest BCUT2D eigenvalue weighted by Gasteiger charge is -2.29. The van der Waals surface area contributed by atoms with Crippen LogP contribution in [0.15, 0.2) is 52.6 Å². The number of nitrogens with zero attached hydrogens (tertiary/aromatic N) is 1. The second-order valence-corrected chi connectivity index (χ2v) is 6.06. The molecule has 0 radical (unpaired) electrons. The van der Waals surface area contributed by atoms with E-state index in [9.17, 15) is 9.59 Å². The van der Waals surface area contributed by atoms with Gasteiger partial charge in [-0.3, -0.25) is 4.79 Å². The average Bonchev–Trinajstić information content (AvgIpc) is 2.61. The molecule has 6 heteroatoms. The van der Waals surface area contributed by atoms with Crippen molar-refractivity contribution in [3.05, 3.63) is 75.0 Å². The number of benzene rings is 1. The molecule has 2 heterocycles. The Kier molecular flexibility index (Phi) is 4.84. The van der Waals surface area contributed by atoms with Crippen molar-refractivity contribution in [2.45, 2.75) is 33.2 Å². The molecule has 0 spiro atoms. The highest BCUT2D eigenvalue weighted by molar-refractivity contribution is 5.92. The fourth-order valence-electron chi connectivity index (χ4n) is 3.37. The molecule has 0 fully saturated rings. The van der Waals surface area contributed by atoms with E-state index in [-0.39, 0.29) is 23.6 Å². The highest BCUT2D eigenvalue weighted by Gasteiger charge is 2.38. The molecule has 1 aliphatic heterocycles. The standard InChI is InChI=1S/C20H22N2O4/c1-4-22-12(3)11-14-16(19(22)23)15(13-9-7-6-8-10-13)17(18(21)26-14)20(24)25-5-2/h6-11,15H,4-5,21H2,1-3H3/t15-/m1/s1. The number of ether oxygens (including phenoxy) is 2. The molecule has 0 amide bonds. The van der Waals surface area contributed by atoms with Gasteiger partial charge in [-0.25, -0.2) is 4.79 Å². The molecular formula is C20H22N2O4.